The number of hydrogen-bond acceptors (Lipinski definition) is 3. The molecule has 0 saturated heterocycles. The Morgan fingerprint density at radius 3 is 2.88 bits per heavy atom. The number of aromatic nitrogens is 2. The lowest BCUT2D eigenvalue weighted by atomic mass is 10.3. The van der Waals surface area contributed by atoms with Gasteiger partial charge in [0.15, 0.2) is 16.3 Å². The highest BCUT2D eigenvalue weighted by Crippen LogP contribution is 2.25. The second-order valence-corrected chi connectivity index (χ2v) is 4.45. The van der Waals surface area contributed by atoms with E-state index in [0.717, 1.165) is 22.8 Å². The molecule has 0 aliphatic heterocycles. The Bertz CT molecular complexity index is 671. The average Bonchev–Trinajstić information content (AvgIpc) is 2.94. The molecule has 0 amide bonds. The number of nitrogens with zero attached hydrogens (tertiary/aromatic N) is 2. The van der Waals surface area contributed by atoms with Gasteiger partial charge in [-0.15, -0.1) is 0 Å². The van der Waals surface area contributed by atoms with Crippen LogP contribution in [-0.2, 0) is 6.54 Å². The third kappa shape index (κ3) is 1.67. The van der Waals surface area contributed by atoms with Gasteiger partial charge in [0.05, 0.1) is 11.7 Å². The number of pyridine rings is 1. The molecule has 3 heterocycles. The van der Waals surface area contributed by atoms with Crippen molar-refractivity contribution in [2.24, 2.45) is 5.73 Å². The molecule has 0 spiro atoms. The van der Waals surface area contributed by atoms with Crippen LogP contribution in [0.25, 0.3) is 17.1 Å². The number of fused-ring (bicyclic) bond motifs is 1. The summed E-state index contributed by atoms with van der Waals surface area (Å²) in [5, 5.41) is 0. The van der Waals surface area contributed by atoms with Crippen LogP contribution in [0.1, 0.15) is 5.69 Å². The fourth-order valence-corrected chi connectivity index (χ4v) is 2.19. The maximum absolute atomic E-state index is 5.74. The summed E-state index contributed by atoms with van der Waals surface area (Å²) in [5.41, 5.74) is 7.75. The third-order valence-corrected chi connectivity index (χ3v) is 3.06. The van der Waals surface area contributed by atoms with Gasteiger partial charge >= 0.3 is 0 Å². The normalized spacial score (nSPS) is 11.2. The van der Waals surface area contributed by atoms with E-state index in [1.807, 2.05) is 40.9 Å². The predicted octanol–water partition coefficient (Wildman–Crippen LogP) is 2.82. The minimum atomic E-state index is 0.461. The third-order valence-electron chi connectivity index (χ3n) is 2.63. The van der Waals surface area contributed by atoms with Crippen LogP contribution in [0.15, 0.2) is 45.6 Å². The largest absolute Gasteiger partial charge is 0.446 e. The van der Waals surface area contributed by atoms with Crippen LogP contribution in [0.4, 0.5) is 0 Å². The lowest BCUT2D eigenvalue weighted by Crippen LogP contribution is -2.04. The van der Waals surface area contributed by atoms with E-state index in [0.29, 0.717) is 11.2 Å². The summed E-state index contributed by atoms with van der Waals surface area (Å²) in [7, 11) is 0. The number of nitrogens with two attached hydrogens (primary N) is 1. The first kappa shape index (κ1) is 10.6. The fraction of sp³-hybridized carbons (Fsp3) is 0.0833. The summed E-state index contributed by atoms with van der Waals surface area (Å²) in [6.07, 6.45) is 1.81. The van der Waals surface area contributed by atoms with E-state index < -0.39 is 0 Å². The highest BCUT2D eigenvalue weighted by atomic mass is 79.9. The summed E-state index contributed by atoms with van der Waals surface area (Å²) in [6.45, 7) is 0.461. The Morgan fingerprint density at radius 2 is 2.18 bits per heavy atom. The Hall–Kier alpha value is -1.59. The molecule has 2 N–H and O–H groups in total. The molecule has 0 bridgehead atoms. The fourth-order valence-electron chi connectivity index (χ4n) is 1.88. The van der Waals surface area contributed by atoms with Gasteiger partial charge in [0.1, 0.15) is 0 Å². The summed E-state index contributed by atoms with van der Waals surface area (Å²) in [5.74, 6) is 1.49. The van der Waals surface area contributed by atoms with E-state index in [1.54, 1.807) is 0 Å². The monoisotopic (exact) mass is 291 g/mol. The van der Waals surface area contributed by atoms with Crippen molar-refractivity contribution in [1.29, 1.82) is 0 Å². The van der Waals surface area contributed by atoms with E-state index in [-0.39, 0.29) is 0 Å². The standard InChI is InChI=1S/C12H10BrN3O/c13-11-5-4-10(17-11)12-15-7-9-3-1-2-8(6-14)16(9)12/h1-5,7H,6,14H2. The van der Waals surface area contributed by atoms with Gasteiger partial charge in [-0.3, -0.25) is 4.40 Å². The number of imidazole rings is 1. The van der Waals surface area contributed by atoms with Crippen molar-refractivity contribution < 1.29 is 4.42 Å². The van der Waals surface area contributed by atoms with Crippen molar-refractivity contribution in [2.45, 2.75) is 6.54 Å². The molecule has 3 rings (SSSR count). The van der Waals surface area contributed by atoms with Crippen molar-refractivity contribution in [2.75, 3.05) is 0 Å². The van der Waals surface area contributed by atoms with Crippen LogP contribution >= 0.6 is 15.9 Å². The van der Waals surface area contributed by atoms with Gasteiger partial charge in [0.25, 0.3) is 0 Å². The lowest BCUT2D eigenvalue weighted by molar-refractivity contribution is 0.550. The molecule has 0 aliphatic rings. The molecular weight excluding hydrogens is 282 g/mol. The van der Waals surface area contributed by atoms with Crippen LogP contribution in [0.2, 0.25) is 0 Å². The number of halogens is 1. The van der Waals surface area contributed by atoms with E-state index >= 15 is 0 Å². The molecule has 0 fully saturated rings. The zero-order valence-electron chi connectivity index (χ0n) is 8.93. The first-order valence-electron chi connectivity index (χ1n) is 5.21. The van der Waals surface area contributed by atoms with Gasteiger partial charge < -0.3 is 10.2 Å². The molecule has 0 aromatic carbocycles. The minimum absolute atomic E-state index is 0.461. The summed E-state index contributed by atoms with van der Waals surface area (Å²) in [4.78, 5) is 4.38. The van der Waals surface area contributed by atoms with E-state index in [2.05, 4.69) is 20.9 Å². The van der Waals surface area contributed by atoms with E-state index in [9.17, 15) is 0 Å². The zero-order valence-corrected chi connectivity index (χ0v) is 10.5. The Balaban J connectivity index is 2.30. The van der Waals surface area contributed by atoms with Gasteiger partial charge in [0, 0.05) is 12.2 Å². The van der Waals surface area contributed by atoms with Crippen molar-refractivity contribution >= 4 is 21.4 Å². The van der Waals surface area contributed by atoms with Crippen molar-refractivity contribution in [3.05, 3.63) is 46.9 Å². The lowest BCUT2D eigenvalue weighted by Gasteiger charge is -2.04. The SMILES string of the molecule is NCc1cccc2cnc(-c3ccc(Br)o3)n12. The molecule has 5 heteroatoms. The van der Waals surface area contributed by atoms with Crippen LogP contribution in [0, 0.1) is 0 Å². The second kappa shape index (κ2) is 4.01. The molecule has 86 valence electrons. The highest BCUT2D eigenvalue weighted by Gasteiger charge is 2.12. The molecule has 0 radical (unpaired) electrons. The predicted molar refractivity (Wildman–Crippen MR) is 68.5 cm³/mol. The smallest absolute Gasteiger partial charge is 0.181 e. The van der Waals surface area contributed by atoms with E-state index in [1.165, 1.54) is 0 Å². The first-order valence-corrected chi connectivity index (χ1v) is 6.00. The van der Waals surface area contributed by atoms with Gasteiger partial charge in [-0.05, 0) is 40.2 Å². The number of furan rings is 1. The molecule has 3 aromatic rings. The van der Waals surface area contributed by atoms with Crippen LogP contribution < -0.4 is 5.73 Å². The molecule has 4 nitrogen and oxygen atoms in total. The van der Waals surface area contributed by atoms with Crippen molar-refractivity contribution in [1.82, 2.24) is 9.38 Å². The Labute approximate surface area is 106 Å². The van der Waals surface area contributed by atoms with E-state index in [4.69, 9.17) is 10.2 Å². The van der Waals surface area contributed by atoms with Crippen LogP contribution in [-0.4, -0.2) is 9.38 Å². The summed E-state index contributed by atoms with van der Waals surface area (Å²) >= 11 is 3.29. The maximum Gasteiger partial charge on any atom is 0.181 e. The van der Waals surface area contributed by atoms with Crippen molar-refractivity contribution in [3.63, 3.8) is 0 Å². The maximum atomic E-state index is 5.74. The molecule has 0 aliphatic carbocycles. The second-order valence-electron chi connectivity index (χ2n) is 3.67. The van der Waals surface area contributed by atoms with Gasteiger partial charge in [-0.2, -0.15) is 0 Å². The van der Waals surface area contributed by atoms with Gasteiger partial charge in [0.2, 0.25) is 0 Å². The van der Waals surface area contributed by atoms with Gasteiger partial charge in [-0.25, -0.2) is 4.98 Å². The molecular formula is C12H10BrN3O. The highest BCUT2D eigenvalue weighted by molar-refractivity contribution is 9.10. The Morgan fingerprint density at radius 1 is 1.29 bits per heavy atom. The molecule has 0 atom stereocenters. The molecule has 17 heavy (non-hydrogen) atoms. The summed E-state index contributed by atoms with van der Waals surface area (Å²) < 4.78 is 8.22. The zero-order chi connectivity index (χ0) is 11.8. The Kier molecular flexibility index (Phi) is 2.49. The molecule has 0 unspecified atom stereocenters. The number of rotatable bonds is 2. The van der Waals surface area contributed by atoms with Crippen LogP contribution in [0.5, 0.6) is 0 Å². The minimum Gasteiger partial charge on any atom is -0.446 e. The quantitative estimate of drug-likeness (QED) is 0.790. The topological polar surface area (TPSA) is 56.5 Å². The van der Waals surface area contributed by atoms with Crippen molar-refractivity contribution in [3.8, 4) is 11.6 Å². The average molecular weight is 292 g/mol. The van der Waals surface area contributed by atoms with Crippen LogP contribution in [0.3, 0.4) is 0 Å². The summed E-state index contributed by atoms with van der Waals surface area (Å²) in [6, 6.07) is 9.68. The number of hydrogen-bond donors (Lipinski definition) is 1. The molecule has 3 aromatic heterocycles. The molecule has 0 saturated carbocycles. The van der Waals surface area contributed by atoms with Gasteiger partial charge in [-0.1, -0.05) is 6.07 Å². The first-order chi connectivity index (χ1) is 8.29.